The lowest BCUT2D eigenvalue weighted by molar-refractivity contribution is -0.129. The molecule has 0 spiro atoms. The summed E-state index contributed by atoms with van der Waals surface area (Å²) in [4.78, 5) is 12.1. The van der Waals surface area contributed by atoms with E-state index in [1.807, 2.05) is 48.5 Å². The normalized spacial score (nSPS) is 12.0. The predicted octanol–water partition coefficient (Wildman–Crippen LogP) is 4.60. The molecule has 5 heteroatoms. The first-order valence-electron chi connectivity index (χ1n) is 9.96. The number of ether oxygens (including phenoxy) is 1. The summed E-state index contributed by atoms with van der Waals surface area (Å²) >= 11 is 0. The minimum atomic E-state index is -1.27. The number of hydrogen-bond acceptors (Lipinski definition) is 4. The molecule has 4 aromatic carbocycles. The average Bonchev–Trinajstić information content (AvgIpc) is 2.83. The van der Waals surface area contributed by atoms with Crippen LogP contribution in [0.3, 0.4) is 0 Å². The van der Waals surface area contributed by atoms with Gasteiger partial charge in [0.1, 0.15) is 12.4 Å². The van der Waals surface area contributed by atoms with Gasteiger partial charge in [-0.15, -0.1) is 0 Å². The Labute approximate surface area is 180 Å². The molecule has 0 unspecified atom stereocenters. The zero-order valence-corrected chi connectivity index (χ0v) is 16.8. The van der Waals surface area contributed by atoms with Crippen LogP contribution in [0.15, 0.2) is 102 Å². The molecule has 1 atom stereocenters. The van der Waals surface area contributed by atoms with Gasteiger partial charge >= 0.3 is 0 Å². The van der Waals surface area contributed by atoms with Crippen LogP contribution < -0.4 is 10.2 Å². The fourth-order valence-corrected chi connectivity index (χ4v) is 3.28. The van der Waals surface area contributed by atoms with E-state index in [1.54, 1.807) is 24.3 Å². The van der Waals surface area contributed by atoms with Gasteiger partial charge in [0.15, 0.2) is 6.10 Å². The van der Waals surface area contributed by atoms with E-state index in [0.717, 1.165) is 11.1 Å². The minimum absolute atomic E-state index is 0.446. The van der Waals surface area contributed by atoms with Crippen LogP contribution in [0, 0.1) is 0 Å². The molecule has 0 aliphatic heterocycles. The third kappa shape index (κ3) is 5.15. The van der Waals surface area contributed by atoms with Crippen molar-refractivity contribution in [3.8, 4) is 5.75 Å². The molecule has 0 saturated carbocycles. The maximum atomic E-state index is 12.1. The minimum Gasteiger partial charge on any atom is -0.489 e. The van der Waals surface area contributed by atoms with Gasteiger partial charge in [0.05, 0.1) is 6.21 Å². The van der Waals surface area contributed by atoms with E-state index in [9.17, 15) is 9.90 Å². The van der Waals surface area contributed by atoms with Crippen LogP contribution in [0.25, 0.3) is 10.8 Å². The van der Waals surface area contributed by atoms with Crippen molar-refractivity contribution in [3.05, 3.63) is 114 Å². The molecule has 0 aliphatic carbocycles. The van der Waals surface area contributed by atoms with Crippen molar-refractivity contribution < 1.29 is 14.6 Å². The molecule has 0 heterocycles. The predicted molar refractivity (Wildman–Crippen MR) is 122 cm³/mol. The van der Waals surface area contributed by atoms with Gasteiger partial charge in [-0.3, -0.25) is 4.79 Å². The zero-order chi connectivity index (χ0) is 21.5. The summed E-state index contributed by atoms with van der Waals surface area (Å²) in [5, 5.41) is 16.4. The van der Waals surface area contributed by atoms with E-state index in [-0.39, 0.29) is 0 Å². The zero-order valence-electron chi connectivity index (χ0n) is 16.8. The van der Waals surface area contributed by atoms with Gasteiger partial charge in [-0.2, -0.15) is 5.10 Å². The number of carbonyl (C=O) groups is 1. The van der Waals surface area contributed by atoms with Crippen LogP contribution in [0.5, 0.6) is 5.75 Å². The third-order valence-corrected chi connectivity index (χ3v) is 4.88. The van der Waals surface area contributed by atoms with Crippen LogP contribution in [-0.2, 0) is 11.4 Å². The summed E-state index contributed by atoms with van der Waals surface area (Å²) in [5.41, 5.74) is 4.76. The molecule has 5 nitrogen and oxygen atoms in total. The van der Waals surface area contributed by atoms with Crippen molar-refractivity contribution in [1.29, 1.82) is 0 Å². The number of benzene rings is 4. The number of rotatable bonds is 7. The number of hydrogen-bond donors (Lipinski definition) is 2. The lowest BCUT2D eigenvalue weighted by Crippen LogP contribution is -2.25. The highest BCUT2D eigenvalue weighted by atomic mass is 16.5. The van der Waals surface area contributed by atoms with E-state index in [1.165, 1.54) is 17.0 Å². The highest BCUT2D eigenvalue weighted by Gasteiger charge is 2.15. The lowest BCUT2D eigenvalue weighted by atomic mass is 10.1. The van der Waals surface area contributed by atoms with Gasteiger partial charge in [-0.25, -0.2) is 5.43 Å². The Kier molecular flexibility index (Phi) is 6.35. The summed E-state index contributed by atoms with van der Waals surface area (Å²) in [6.45, 7) is 0.446. The van der Waals surface area contributed by atoms with Crippen molar-refractivity contribution in [1.82, 2.24) is 5.43 Å². The van der Waals surface area contributed by atoms with E-state index < -0.39 is 12.0 Å². The Morgan fingerprint density at radius 2 is 1.68 bits per heavy atom. The van der Waals surface area contributed by atoms with Crippen LogP contribution in [0.4, 0.5) is 0 Å². The molecule has 1 amide bonds. The van der Waals surface area contributed by atoms with Gasteiger partial charge in [-0.1, -0.05) is 84.9 Å². The standard InChI is InChI=1S/C26H22N2O3/c29-25(21-10-2-1-3-11-21)26(30)28-27-17-19-8-6-14-23(16-19)31-18-22-13-7-12-20-9-4-5-15-24(20)22/h1-17,25,29H,18H2,(H,28,30)/b27-17-/t25-/m0/s1. The number of carbonyl (C=O) groups excluding carboxylic acids is 1. The van der Waals surface area contributed by atoms with Crippen molar-refractivity contribution in [3.63, 3.8) is 0 Å². The first-order valence-corrected chi connectivity index (χ1v) is 9.96. The van der Waals surface area contributed by atoms with E-state index >= 15 is 0 Å². The van der Waals surface area contributed by atoms with Gasteiger partial charge < -0.3 is 9.84 Å². The number of aliphatic hydroxyl groups is 1. The van der Waals surface area contributed by atoms with E-state index in [0.29, 0.717) is 17.9 Å². The summed E-state index contributed by atoms with van der Waals surface area (Å²) in [7, 11) is 0. The molecule has 0 bridgehead atoms. The fraction of sp³-hybridized carbons (Fsp3) is 0.0769. The smallest absolute Gasteiger partial charge is 0.273 e. The molecule has 0 radical (unpaired) electrons. The van der Waals surface area contributed by atoms with Crippen molar-refractivity contribution in [2.75, 3.05) is 0 Å². The van der Waals surface area contributed by atoms with Crippen LogP contribution in [0.2, 0.25) is 0 Å². The van der Waals surface area contributed by atoms with Gasteiger partial charge in [0, 0.05) is 0 Å². The van der Waals surface area contributed by atoms with Gasteiger partial charge in [0.2, 0.25) is 0 Å². The number of aliphatic hydroxyl groups excluding tert-OH is 1. The molecule has 0 fully saturated rings. The Hall–Kier alpha value is -3.96. The van der Waals surface area contributed by atoms with Crippen LogP contribution >= 0.6 is 0 Å². The molecule has 154 valence electrons. The summed E-state index contributed by atoms with van der Waals surface area (Å²) in [5.74, 6) is 0.110. The molecular formula is C26H22N2O3. The van der Waals surface area contributed by atoms with Crippen LogP contribution in [-0.4, -0.2) is 17.2 Å². The monoisotopic (exact) mass is 410 g/mol. The molecule has 4 aromatic rings. The quantitative estimate of drug-likeness (QED) is 0.345. The number of nitrogens with zero attached hydrogens (tertiary/aromatic N) is 1. The third-order valence-electron chi connectivity index (χ3n) is 4.88. The first kappa shape index (κ1) is 20.3. The summed E-state index contributed by atoms with van der Waals surface area (Å²) < 4.78 is 5.98. The Balaban J connectivity index is 1.37. The van der Waals surface area contributed by atoms with Crippen LogP contribution in [0.1, 0.15) is 22.8 Å². The maximum Gasteiger partial charge on any atom is 0.273 e. The second kappa shape index (κ2) is 9.69. The molecule has 31 heavy (non-hydrogen) atoms. The largest absolute Gasteiger partial charge is 0.489 e. The Morgan fingerprint density at radius 1 is 0.935 bits per heavy atom. The second-order valence-electron chi connectivity index (χ2n) is 7.05. The summed E-state index contributed by atoms with van der Waals surface area (Å²) in [6, 6.07) is 30.5. The maximum absolute atomic E-state index is 12.1. The molecule has 4 rings (SSSR count). The van der Waals surface area contributed by atoms with Crippen molar-refractivity contribution >= 4 is 22.9 Å². The van der Waals surface area contributed by atoms with E-state index in [4.69, 9.17) is 4.74 Å². The van der Waals surface area contributed by atoms with Crippen molar-refractivity contribution in [2.24, 2.45) is 5.10 Å². The number of fused-ring (bicyclic) bond motifs is 1. The lowest BCUT2D eigenvalue weighted by Gasteiger charge is -2.10. The van der Waals surface area contributed by atoms with Gasteiger partial charge in [0.25, 0.3) is 5.91 Å². The number of amides is 1. The molecular weight excluding hydrogens is 388 g/mol. The molecule has 0 aliphatic rings. The number of hydrazone groups is 1. The highest BCUT2D eigenvalue weighted by Crippen LogP contribution is 2.21. The Morgan fingerprint density at radius 3 is 2.55 bits per heavy atom. The molecule has 0 saturated heterocycles. The number of nitrogens with one attached hydrogen (secondary N) is 1. The molecule has 0 aromatic heterocycles. The SMILES string of the molecule is O=C(N/N=C\c1cccc(OCc2cccc3ccccc23)c1)[C@@H](O)c1ccccc1. The fourth-order valence-electron chi connectivity index (χ4n) is 3.28. The average molecular weight is 410 g/mol. The first-order chi connectivity index (χ1) is 15.2. The van der Waals surface area contributed by atoms with Gasteiger partial charge in [-0.05, 0) is 39.6 Å². The topological polar surface area (TPSA) is 70.9 Å². The highest BCUT2D eigenvalue weighted by molar-refractivity contribution is 5.86. The van der Waals surface area contributed by atoms with E-state index in [2.05, 4.69) is 34.8 Å². The molecule has 2 N–H and O–H groups in total. The van der Waals surface area contributed by atoms with Crippen molar-refractivity contribution in [2.45, 2.75) is 12.7 Å². The summed E-state index contributed by atoms with van der Waals surface area (Å²) in [6.07, 6.45) is 0.245. The Bertz CT molecular complexity index is 1200. The second-order valence-corrected chi connectivity index (χ2v) is 7.05.